The average Bonchev–Trinajstić information content (AvgIpc) is 2.49. The third-order valence-electron chi connectivity index (χ3n) is 3.23. The molecule has 4 nitrogen and oxygen atoms in total. The summed E-state index contributed by atoms with van der Waals surface area (Å²) >= 11 is 0. The summed E-state index contributed by atoms with van der Waals surface area (Å²) in [6, 6.07) is 14.4. The van der Waals surface area contributed by atoms with Crippen molar-refractivity contribution in [3.63, 3.8) is 0 Å². The van der Waals surface area contributed by atoms with Crippen molar-refractivity contribution in [3.8, 4) is 0 Å². The Morgan fingerprint density at radius 3 is 2.57 bits per heavy atom. The van der Waals surface area contributed by atoms with Crippen molar-refractivity contribution in [2.45, 2.75) is 19.4 Å². The number of nitrogens with one attached hydrogen (secondary N) is 1. The molecule has 0 fully saturated rings. The Bertz CT molecular complexity index is 602. The fourth-order valence-corrected chi connectivity index (χ4v) is 2.13. The van der Waals surface area contributed by atoms with Gasteiger partial charge in [0.1, 0.15) is 0 Å². The van der Waals surface area contributed by atoms with E-state index in [1.807, 2.05) is 18.2 Å². The monoisotopic (exact) mass is 288 g/mol. The van der Waals surface area contributed by atoms with Gasteiger partial charge in [-0.3, -0.25) is 10.1 Å². The van der Waals surface area contributed by atoms with Gasteiger partial charge in [-0.15, -0.1) is 0 Å². The van der Waals surface area contributed by atoms with Crippen molar-refractivity contribution < 1.29 is 9.31 Å². The summed E-state index contributed by atoms with van der Waals surface area (Å²) in [5.74, 6) is -0.752. The van der Waals surface area contributed by atoms with Gasteiger partial charge in [0.2, 0.25) is 5.82 Å². The van der Waals surface area contributed by atoms with Gasteiger partial charge in [-0.05, 0) is 24.9 Å². The van der Waals surface area contributed by atoms with E-state index in [1.165, 1.54) is 17.7 Å². The highest BCUT2D eigenvalue weighted by molar-refractivity contribution is 5.36. The molecule has 0 aliphatic carbocycles. The second-order valence-corrected chi connectivity index (χ2v) is 4.77. The number of hydrogen-bond acceptors (Lipinski definition) is 3. The van der Waals surface area contributed by atoms with Gasteiger partial charge in [-0.2, -0.15) is 4.39 Å². The van der Waals surface area contributed by atoms with E-state index in [-0.39, 0.29) is 0 Å². The SMILES string of the molecule is O=[N+]([O-])c1cccc(CNCCCc2ccccc2)c1F. The Hall–Kier alpha value is -2.27. The molecule has 0 amide bonds. The minimum Gasteiger partial charge on any atom is -0.313 e. The molecule has 110 valence electrons. The van der Waals surface area contributed by atoms with Crippen LogP contribution in [0, 0.1) is 15.9 Å². The van der Waals surface area contributed by atoms with E-state index in [2.05, 4.69) is 17.4 Å². The third kappa shape index (κ3) is 4.36. The average molecular weight is 288 g/mol. The predicted octanol–water partition coefficient (Wildman–Crippen LogP) is 3.46. The molecule has 0 unspecified atom stereocenters. The first-order chi connectivity index (χ1) is 10.2. The summed E-state index contributed by atoms with van der Waals surface area (Å²) in [5.41, 5.74) is 1.11. The summed E-state index contributed by atoms with van der Waals surface area (Å²) < 4.78 is 13.8. The lowest BCUT2D eigenvalue weighted by Gasteiger charge is -2.06. The molecular weight excluding hydrogens is 271 g/mol. The van der Waals surface area contributed by atoms with E-state index in [9.17, 15) is 14.5 Å². The Labute approximate surface area is 122 Å². The molecule has 5 heteroatoms. The van der Waals surface area contributed by atoms with Gasteiger partial charge in [0, 0.05) is 18.2 Å². The molecule has 0 saturated heterocycles. The summed E-state index contributed by atoms with van der Waals surface area (Å²) in [6.07, 6.45) is 1.88. The summed E-state index contributed by atoms with van der Waals surface area (Å²) in [5, 5.41) is 13.8. The van der Waals surface area contributed by atoms with Gasteiger partial charge in [0.05, 0.1) is 4.92 Å². The maximum Gasteiger partial charge on any atom is 0.305 e. The van der Waals surface area contributed by atoms with Gasteiger partial charge >= 0.3 is 5.69 Å². The van der Waals surface area contributed by atoms with Gasteiger partial charge in [0.25, 0.3) is 0 Å². The molecule has 2 aromatic rings. The lowest BCUT2D eigenvalue weighted by molar-refractivity contribution is -0.387. The minimum atomic E-state index is -0.752. The van der Waals surface area contributed by atoms with E-state index in [1.54, 1.807) is 6.07 Å². The molecule has 0 aromatic heterocycles. The van der Waals surface area contributed by atoms with Crippen LogP contribution < -0.4 is 5.32 Å². The van der Waals surface area contributed by atoms with Crippen molar-refractivity contribution in [2.75, 3.05) is 6.54 Å². The highest BCUT2D eigenvalue weighted by Crippen LogP contribution is 2.19. The minimum absolute atomic E-state index is 0.294. The Morgan fingerprint density at radius 2 is 1.86 bits per heavy atom. The van der Waals surface area contributed by atoms with Crippen molar-refractivity contribution in [1.82, 2.24) is 5.32 Å². The molecule has 1 N–H and O–H groups in total. The number of hydrogen-bond donors (Lipinski definition) is 1. The highest BCUT2D eigenvalue weighted by atomic mass is 19.1. The highest BCUT2D eigenvalue weighted by Gasteiger charge is 2.16. The number of benzene rings is 2. The molecule has 0 radical (unpaired) electrons. The topological polar surface area (TPSA) is 55.2 Å². The molecule has 0 spiro atoms. The third-order valence-corrected chi connectivity index (χ3v) is 3.23. The lowest BCUT2D eigenvalue weighted by Crippen LogP contribution is -2.16. The van der Waals surface area contributed by atoms with Crippen LogP contribution in [0.2, 0.25) is 0 Å². The van der Waals surface area contributed by atoms with E-state index in [4.69, 9.17) is 0 Å². The van der Waals surface area contributed by atoms with Crippen molar-refractivity contribution in [2.24, 2.45) is 0 Å². The van der Waals surface area contributed by atoms with E-state index < -0.39 is 16.4 Å². The molecule has 0 atom stereocenters. The number of halogens is 1. The lowest BCUT2D eigenvalue weighted by atomic mass is 10.1. The second kappa shape index (κ2) is 7.50. The molecule has 2 aromatic carbocycles. The van der Waals surface area contributed by atoms with Crippen LogP contribution in [-0.4, -0.2) is 11.5 Å². The van der Waals surface area contributed by atoms with Crippen molar-refractivity contribution in [1.29, 1.82) is 0 Å². The van der Waals surface area contributed by atoms with Gasteiger partial charge in [-0.25, -0.2) is 0 Å². The van der Waals surface area contributed by atoms with Crippen LogP contribution in [0.4, 0.5) is 10.1 Å². The number of nitro benzene ring substituents is 1. The van der Waals surface area contributed by atoms with Crippen LogP contribution in [-0.2, 0) is 13.0 Å². The fraction of sp³-hybridized carbons (Fsp3) is 0.250. The normalized spacial score (nSPS) is 10.5. The summed E-state index contributed by atoms with van der Waals surface area (Å²) in [6.45, 7) is 1.03. The van der Waals surface area contributed by atoms with Crippen molar-refractivity contribution >= 4 is 5.69 Å². The van der Waals surface area contributed by atoms with Gasteiger partial charge in [0.15, 0.2) is 0 Å². The zero-order valence-electron chi connectivity index (χ0n) is 11.6. The first kappa shape index (κ1) is 15.1. The zero-order valence-corrected chi connectivity index (χ0v) is 11.6. The number of nitro groups is 1. The first-order valence-corrected chi connectivity index (χ1v) is 6.85. The molecule has 0 saturated carbocycles. The maximum atomic E-state index is 13.8. The van der Waals surface area contributed by atoms with Gasteiger partial charge in [-0.1, -0.05) is 42.5 Å². The Kier molecular flexibility index (Phi) is 5.40. The predicted molar refractivity (Wildman–Crippen MR) is 79.5 cm³/mol. The van der Waals surface area contributed by atoms with Crippen LogP contribution in [0.3, 0.4) is 0 Å². The largest absolute Gasteiger partial charge is 0.313 e. The van der Waals surface area contributed by atoms with Crippen molar-refractivity contribution in [3.05, 3.63) is 75.6 Å². The maximum absolute atomic E-state index is 13.8. The molecule has 21 heavy (non-hydrogen) atoms. The standard InChI is InChI=1S/C16H17FN2O2/c17-16-14(9-4-10-15(16)19(20)21)12-18-11-5-8-13-6-2-1-3-7-13/h1-4,6-7,9-10,18H,5,8,11-12H2. The second-order valence-electron chi connectivity index (χ2n) is 4.77. The molecular formula is C16H17FN2O2. The zero-order chi connectivity index (χ0) is 15.1. The van der Waals surface area contributed by atoms with E-state index in [0.717, 1.165) is 19.4 Å². The fourth-order valence-electron chi connectivity index (χ4n) is 2.13. The molecule has 0 aliphatic heterocycles. The van der Waals surface area contributed by atoms with Gasteiger partial charge < -0.3 is 5.32 Å². The smallest absolute Gasteiger partial charge is 0.305 e. The quantitative estimate of drug-likeness (QED) is 0.482. The van der Waals surface area contributed by atoms with Crippen LogP contribution in [0.15, 0.2) is 48.5 Å². The van der Waals surface area contributed by atoms with E-state index >= 15 is 0 Å². The van der Waals surface area contributed by atoms with Crippen LogP contribution in [0.5, 0.6) is 0 Å². The molecule has 0 bridgehead atoms. The molecule has 0 heterocycles. The van der Waals surface area contributed by atoms with E-state index in [0.29, 0.717) is 12.1 Å². The number of nitrogens with zero attached hydrogens (tertiary/aromatic N) is 1. The molecule has 2 rings (SSSR count). The van der Waals surface area contributed by atoms with Crippen LogP contribution >= 0.6 is 0 Å². The number of aryl methyl sites for hydroxylation is 1. The Balaban J connectivity index is 1.79. The Morgan fingerprint density at radius 1 is 1.10 bits per heavy atom. The number of rotatable bonds is 7. The molecule has 0 aliphatic rings. The summed E-state index contributed by atoms with van der Waals surface area (Å²) in [4.78, 5) is 9.95. The summed E-state index contributed by atoms with van der Waals surface area (Å²) in [7, 11) is 0. The van der Waals surface area contributed by atoms with Crippen LogP contribution in [0.25, 0.3) is 0 Å². The van der Waals surface area contributed by atoms with Crippen LogP contribution in [0.1, 0.15) is 17.5 Å². The first-order valence-electron chi connectivity index (χ1n) is 6.85.